The average molecular weight is 492 g/mol. The van der Waals surface area contributed by atoms with Crippen molar-refractivity contribution in [3.8, 4) is 17.1 Å². The molecule has 8 nitrogen and oxygen atoms in total. The highest BCUT2D eigenvalue weighted by Crippen LogP contribution is 2.35. The summed E-state index contributed by atoms with van der Waals surface area (Å²) in [4.78, 5) is 38.1. The maximum Gasteiger partial charge on any atom is 0.347 e. The van der Waals surface area contributed by atoms with Gasteiger partial charge in [-0.15, -0.1) is 0 Å². The summed E-state index contributed by atoms with van der Waals surface area (Å²) in [5.41, 5.74) is 0.857. The number of hydrogen-bond acceptors (Lipinski definition) is 7. The summed E-state index contributed by atoms with van der Waals surface area (Å²) in [6.07, 6.45) is 0.245. The van der Waals surface area contributed by atoms with E-state index in [4.69, 9.17) is 18.3 Å². The van der Waals surface area contributed by atoms with Crippen molar-refractivity contribution in [2.75, 3.05) is 14.2 Å². The zero-order valence-electron chi connectivity index (χ0n) is 21.0. The number of benzene rings is 2. The molecule has 1 N–H and O–H groups in total. The quantitative estimate of drug-likeness (QED) is 0.354. The zero-order valence-corrected chi connectivity index (χ0v) is 21.0. The van der Waals surface area contributed by atoms with Gasteiger partial charge in [0.15, 0.2) is 0 Å². The predicted molar refractivity (Wildman–Crippen MR) is 136 cm³/mol. The van der Waals surface area contributed by atoms with Crippen LogP contribution < -0.4 is 15.7 Å². The van der Waals surface area contributed by atoms with E-state index in [2.05, 4.69) is 5.32 Å². The van der Waals surface area contributed by atoms with E-state index in [9.17, 15) is 14.4 Å². The Morgan fingerprint density at radius 3 is 2.42 bits per heavy atom. The number of carbonyl (C=O) groups excluding carboxylic acids is 2. The highest BCUT2D eigenvalue weighted by atomic mass is 16.5. The van der Waals surface area contributed by atoms with Crippen LogP contribution >= 0.6 is 0 Å². The fourth-order valence-electron chi connectivity index (χ4n) is 4.35. The fraction of sp³-hybridized carbons (Fsp3) is 0.321. The lowest BCUT2D eigenvalue weighted by molar-refractivity contribution is -0.145. The van der Waals surface area contributed by atoms with Gasteiger partial charge in [0, 0.05) is 17.2 Å². The largest absolute Gasteiger partial charge is 0.497 e. The van der Waals surface area contributed by atoms with Crippen molar-refractivity contribution in [1.29, 1.82) is 0 Å². The molecule has 4 rings (SSSR count). The minimum absolute atomic E-state index is 0.158. The summed E-state index contributed by atoms with van der Waals surface area (Å²) in [6, 6.07) is 12.3. The van der Waals surface area contributed by atoms with Crippen LogP contribution in [-0.4, -0.2) is 32.1 Å². The zero-order chi connectivity index (χ0) is 26.0. The minimum Gasteiger partial charge on any atom is -0.497 e. The number of amides is 1. The lowest BCUT2D eigenvalue weighted by atomic mass is 9.99. The summed E-state index contributed by atoms with van der Waals surface area (Å²) >= 11 is 0. The number of esters is 1. The molecule has 0 aliphatic heterocycles. The van der Waals surface area contributed by atoms with Gasteiger partial charge < -0.3 is 23.6 Å². The normalized spacial score (nSPS) is 12.2. The van der Waals surface area contributed by atoms with E-state index < -0.39 is 23.5 Å². The highest BCUT2D eigenvalue weighted by Gasteiger charge is 2.26. The van der Waals surface area contributed by atoms with Gasteiger partial charge >= 0.3 is 11.6 Å². The lowest BCUT2D eigenvalue weighted by Gasteiger charge is -2.18. The Morgan fingerprint density at radius 1 is 1.00 bits per heavy atom. The third-order valence-corrected chi connectivity index (χ3v) is 6.00. The van der Waals surface area contributed by atoms with Crippen LogP contribution in [0.25, 0.3) is 33.1 Å². The van der Waals surface area contributed by atoms with E-state index in [0.717, 1.165) is 16.5 Å². The van der Waals surface area contributed by atoms with Crippen LogP contribution in [0, 0.1) is 12.8 Å². The second kappa shape index (κ2) is 10.3. The molecule has 2 heterocycles. The molecule has 4 aromatic rings. The summed E-state index contributed by atoms with van der Waals surface area (Å²) in [5, 5.41) is 4.87. The molecule has 2 aromatic carbocycles. The first-order chi connectivity index (χ1) is 17.2. The van der Waals surface area contributed by atoms with Crippen molar-refractivity contribution >= 4 is 33.6 Å². The SMILES string of the molecule is COC(=O)C(CC(C)C)NC(=O)Cc1c(-c2ccc3cc(OC)ccc3c2)oc2cc(C)oc(=O)c12. The van der Waals surface area contributed by atoms with E-state index in [0.29, 0.717) is 34.7 Å². The summed E-state index contributed by atoms with van der Waals surface area (Å²) in [6.45, 7) is 5.56. The first kappa shape index (κ1) is 25.0. The summed E-state index contributed by atoms with van der Waals surface area (Å²) in [5.74, 6) is 0.748. The number of fused-ring (bicyclic) bond motifs is 2. The molecule has 0 saturated heterocycles. The number of hydrogen-bond donors (Lipinski definition) is 1. The molecule has 0 radical (unpaired) electrons. The van der Waals surface area contributed by atoms with Gasteiger partial charge in [0.2, 0.25) is 5.91 Å². The van der Waals surface area contributed by atoms with Gasteiger partial charge in [-0.1, -0.05) is 32.0 Å². The van der Waals surface area contributed by atoms with Gasteiger partial charge in [-0.25, -0.2) is 9.59 Å². The first-order valence-corrected chi connectivity index (χ1v) is 11.7. The van der Waals surface area contributed by atoms with E-state index in [1.807, 2.05) is 50.2 Å². The van der Waals surface area contributed by atoms with Crippen molar-refractivity contribution in [2.45, 2.75) is 39.7 Å². The second-order valence-electron chi connectivity index (χ2n) is 9.17. The number of rotatable bonds is 8. The molecule has 36 heavy (non-hydrogen) atoms. The highest BCUT2D eigenvalue weighted by molar-refractivity contribution is 5.95. The molecule has 0 saturated carbocycles. The number of aryl methyl sites for hydroxylation is 1. The molecule has 1 unspecified atom stereocenters. The number of ether oxygens (including phenoxy) is 2. The first-order valence-electron chi connectivity index (χ1n) is 11.7. The van der Waals surface area contributed by atoms with Gasteiger partial charge in [0.25, 0.3) is 0 Å². The van der Waals surface area contributed by atoms with Crippen LogP contribution in [0.1, 0.15) is 31.6 Å². The molecule has 0 fully saturated rings. The fourth-order valence-corrected chi connectivity index (χ4v) is 4.35. The number of methoxy groups -OCH3 is 2. The van der Waals surface area contributed by atoms with Crippen molar-refractivity contribution in [3.05, 3.63) is 64.2 Å². The van der Waals surface area contributed by atoms with Crippen molar-refractivity contribution in [3.63, 3.8) is 0 Å². The Hall–Kier alpha value is -4.07. The molecule has 0 bridgehead atoms. The third kappa shape index (κ3) is 5.12. The Kier molecular flexibility index (Phi) is 7.15. The molecule has 1 amide bonds. The Morgan fingerprint density at radius 2 is 1.72 bits per heavy atom. The topological polar surface area (TPSA) is 108 Å². The smallest absolute Gasteiger partial charge is 0.347 e. The molecule has 2 aromatic heterocycles. The van der Waals surface area contributed by atoms with Crippen LogP contribution in [0.5, 0.6) is 5.75 Å². The summed E-state index contributed by atoms with van der Waals surface area (Å²) in [7, 11) is 2.90. The van der Waals surface area contributed by atoms with Crippen LogP contribution in [0.2, 0.25) is 0 Å². The Labute approximate surface area is 208 Å². The van der Waals surface area contributed by atoms with Gasteiger partial charge in [0.05, 0.1) is 20.6 Å². The third-order valence-electron chi connectivity index (χ3n) is 6.00. The van der Waals surface area contributed by atoms with E-state index in [1.165, 1.54) is 7.11 Å². The lowest BCUT2D eigenvalue weighted by Crippen LogP contribution is -2.43. The Bertz CT molecular complexity index is 1500. The van der Waals surface area contributed by atoms with Crippen molar-refractivity contribution in [1.82, 2.24) is 5.32 Å². The maximum absolute atomic E-state index is 13.1. The number of furan rings is 1. The molecule has 1 atom stereocenters. The van der Waals surface area contributed by atoms with Crippen LogP contribution in [0.15, 0.2) is 56.1 Å². The molecular formula is C28H29NO7. The molecule has 0 aliphatic carbocycles. The molecule has 0 spiro atoms. The second-order valence-corrected chi connectivity index (χ2v) is 9.17. The summed E-state index contributed by atoms with van der Waals surface area (Å²) < 4.78 is 21.6. The van der Waals surface area contributed by atoms with Crippen molar-refractivity contribution in [2.24, 2.45) is 5.92 Å². The minimum atomic E-state index is -0.793. The number of carbonyl (C=O) groups is 2. The Balaban J connectivity index is 1.78. The van der Waals surface area contributed by atoms with E-state index >= 15 is 0 Å². The standard InChI is InChI=1S/C28H29NO7/c1-15(2)10-22(27(31)34-5)29-24(30)14-21-25-23(11-16(3)35-28(25)32)36-26(21)19-7-6-18-13-20(33-4)9-8-17(18)12-19/h6-9,11-13,15,22H,10,14H2,1-5H3,(H,29,30). The monoisotopic (exact) mass is 491 g/mol. The molecule has 8 heteroatoms. The maximum atomic E-state index is 13.1. The van der Waals surface area contributed by atoms with Crippen LogP contribution in [-0.2, 0) is 20.7 Å². The van der Waals surface area contributed by atoms with Gasteiger partial charge in [0.1, 0.15) is 34.3 Å². The van der Waals surface area contributed by atoms with Crippen LogP contribution in [0.3, 0.4) is 0 Å². The predicted octanol–water partition coefficient (Wildman–Crippen LogP) is 4.77. The molecular weight excluding hydrogens is 462 g/mol. The average Bonchev–Trinajstić information content (AvgIpc) is 3.19. The van der Waals surface area contributed by atoms with Gasteiger partial charge in [-0.2, -0.15) is 0 Å². The van der Waals surface area contributed by atoms with E-state index in [-0.39, 0.29) is 17.7 Å². The van der Waals surface area contributed by atoms with Crippen LogP contribution in [0.4, 0.5) is 0 Å². The molecule has 188 valence electrons. The van der Waals surface area contributed by atoms with Gasteiger partial charge in [-0.3, -0.25) is 4.79 Å². The van der Waals surface area contributed by atoms with E-state index in [1.54, 1.807) is 20.1 Å². The van der Waals surface area contributed by atoms with Gasteiger partial charge in [-0.05, 0) is 48.2 Å². The van der Waals surface area contributed by atoms with Crippen molar-refractivity contribution < 1.29 is 27.9 Å². The number of nitrogens with one attached hydrogen (secondary N) is 1. The molecule has 0 aliphatic rings.